The highest BCUT2D eigenvalue weighted by Gasteiger charge is 2.34. The summed E-state index contributed by atoms with van der Waals surface area (Å²) in [5.74, 6) is 3.96. The maximum atomic E-state index is 12.3. The minimum atomic E-state index is -0.746. The van der Waals surface area contributed by atoms with Gasteiger partial charge in [-0.25, -0.2) is 0 Å². The van der Waals surface area contributed by atoms with Gasteiger partial charge in [-0.2, -0.15) is 16.7 Å². The Kier molecular flexibility index (Phi) is 20.3. The van der Waals surface area contributed by atoms with Crippen LogP contribution in [0, 0.1) is 43.4 Å². The third kappa shape index (κ3) is 15.6. The Hall–Kier alpha value is -1.76. The van der Waals surface area contributed by atoms with Crippen molar-refractivity contribution >= 4 is 17.7 Å². The molecular formula is C42H73NO5S. The van der Waals surface area contributed by atoms with E-state index in [0.717, 1.165) is 84.5 Å². The molecule has 0 aliphatic carbocycles. The van der Waals surface area contributed by atoms with Crippen molar-refractivity contribution < 1.29 is 19.0 Å². The fourth-order valence-electron chi connectivity index (χ4n) is 7.37. The van der Waals surface area contributed by atoms with E-state index in [1.54, 1.807) is 0 Å². The molecule has 1 heterocycles. The molecule has 1 aliphatic heterocycles. The van der Waals surface area contributed by atoms with Crippen LogP contribution in [0.25, 0.3) is 0 Å². The molecule has 282 valence electrons. The zero-order valence-electron chi connectivity index (χ0n) is 33.2. The molecule has 0 saturated carbocycles. The summed E-state index contributed by atoms with van der Waals surface area (Å²) in [5.41, 5.74) is 4.24. The Bertz CT molecular complexity index is 1120. The molecule has 0 amide bonds. The van der Waals surface area contributed by atoms with Gasteiger partial charge in [-0.15, -0.1) is 0 Å². The van der Waals surface area contributed by atoms with Crippen molar-refractivity contribution in [2.45, 2.75) is 188 Å². The minimum absolute atomic E-state index is 0.0503. The lowest BCUT2D eigenvalue weighted by molar-refractivity contribution is -0.144. The highest BCUT2D eigenvalue weighted by molar-refractivity contribution is 7.99. The molecule has 1 aromatic rings. The maximum absolute atomic E-state index is 12.3. The van der Waals surface area contributed by atoms with E-state index >= 15 is 0 Å². The van der Waals surface area contributed by atoms with E-state index in [9.17, 15) is 9.70 Å². The molecule has 5 atom stereocenters. The van der Waals surface area contributed by atoms with Crippen LogP contribution >= 0.6 is 11.8 Å². The predicted molar refractivity (Wildman–Crippen MR) is 209 cm³/mol. The zero-order chi connectivity index (χ0) is 36.4. The maximum Gasteiger partial charge on any atom is 0.305 e. The van der Waals surface area contributed by atoms with E-state index < -0.39 is 6.04 Å². The second kappa shape index (κ2) is 22.9. The molecule has 1 aliphatic rings. The number of ether oxygens (including phenoxy) is 3. The molecule has 0 fully saturated rings. The van der Waals surface area contributed by atoms with Crippen LogP contribution in [0.15, 0.2) is 5.18 Å². The number of nitroso groups, excluding NO2 is 1. The first-order chi connectivity index (χ1) is 23.3. The van der Waals surface area contributed by atoms with Crippen molar-refractivity contribution in [1.82, 2.24) is 0 Å². The van der Waals surface area contributed by atoms with Gasteiger partial charge >= 0.3 is 5.97 Å². The Balaban J connectivity index is 1.82. The van der Waals surface area contributed by atoms with Crippen LogP contribution in [-0.4, -0.2) is 42.3 Å². The van der Waals surface area contributed by atoms with Gasteiger partial charge in [-0.3, -0.25) is 4.79 Å². The summed E-state index contributed by atoms with van der Waals surface area (Å²) >= 11 is 1.91. The summed E-state index contributed by atoms with van der Waals surface area (Å²) < 4.78 is 18.5. The number of hydrogen-bond donors (Lipinski definition) is 0. The van der Waals surface area contributed by atoms with Crippen LogP contribution in [0.2, 0.25) is 0 Å². The summed E-state index contributed by atoms with van der Waals surface area (Å²) in [5, 5.41) is 3.88. The molecule has 0 bridgehead atoms. The molecule has 0 radical (unpaired) electrons. The molecule has 49 heavy (non-hydrogen) atoms. The summed E-state index contributed by atoms with van der Waals surface area (Å²) in [7, 11) is 0. The van der Waals surface area contributed by atoms with Crippen molar-refractivity contribution in [1.29, 1.82) is 0 Å². The van der Waals surface area contributed by atoms with Gasteiger partial charge in [0.2, 0.25) is 0 Å². The SMILES string of the molecule is CCC[C@@H](CCCCC(=O)OCC(COc1c(C)c(C)c2c(c1C)CCC(C)(CCCC(C)CCCC(C)CCCC(C)C)O2)N=O)SC. The molecule has 0 saturated heterocycles. The lowest BCUT2D eigenvalue weighted by Crippen LogP contribution is -2.37. The lowest BCUT2D eigenvalue weighted by atomic mass is 9.83. The van der Waals surface area contributed by atoms with Gasteiger partial charge in [-0.1, -0.05) is 97.6 Å². The smallest absolute Gasteiger partial charge is 0.305 e. The van der Waals surface area contributed by atoms with E-state index in [-0.39, 0.29) is 24.8 Å². The zero-order valence-corrected chi connectivity index (χ0v) is 34.0. The van der Waals surface area contributed by atoms with E-state index in [2.05, 4.69) is 73.7 Å². The molecule has 0 N–H and O–H groups in total. The number of rotatable bonds is 26. The van der Waals surface area contributed by atoms with Crippen molar-refractivity contribution in [2.24, 2.45) is 22.9 Å². The standard InChI is InChI=1S/C42H73NO5S/c1-11-17-37(49-10)23-12-13-24-39(44)46-28-36(43-45)29-47-40-33(6)34(7)41-38(35(40)8)25-27-42(9,48-41)26-16-22-32(5)21-15-20-31(4)19-14-18-30(2)3/h30-32,36-37H,11-29H2,1-10H3/t31?,32?,36?,37-,42?/m0/s1. The number of nitrogens with zero attached hydrogens (tertiary/aromatic N) is 1. The summed E-state index contributed by atoms with van der Waals surface area (Å²) in [6.07, 6.45) is 21.5. The first-order valence-electron chi connectivity index (χ1n) is 19.8. The Morgan fingerprint density at radius 3 is 2.12 bits per heavy atom. The molecule has 6 nitrogen and oxygen atoms in total. The first-order valence-corrected chi connectivity index (χ1v) is 21.1. The topological polar surface area (TPSA) is 74.2 Å². The van der Waals surface area contributed by atoms with Gasteiger partial charge < -0.3 is 14.2 Å². The fourth-order valence-corrected chi connectivity index (χ4v) is 8.24. The van der Waals surface area contributed by atoms with Gasteiger partial charge in [0.05, 0.1) is 0 Å². The largest absolute Gasteiger partial charge is 0.491 e. The van der Waals surface area contributed by atoms with Gasteiger partial charge in [0.15, 0.2) is 6.04 Å². The molecular weight excluding hydrogens is 631 g/mol. The summed E-state index contributed by atoms with van der Waals surface area (Å²) in [6.45, 7) is 20.3. The fraction of sp³-hybridized carbons (Fsp3) is 0.833. The number of fused-ring (bicyclic) bond motifs is 1. The first kappa shape index (κ1) is 43.4. The number of carbonyl (C=O) groups is 1. The monoisotopic (exact) mass is 704 g/mol. The van der Waals surface area contributed by atoms with E-state index in [1.165, 1.54) is 69.8 Å². The molecule has 2 rings (SSSR count). The Morgan fingerprint density at radius 2 is 1.51 bits per heavy atom. The van der Waals surface area contributed by atoms with E-state index in [4.69, 9.17) is 14.2 Å². The minimum Gasteiger partial charge on any atom is -0.491 e. The number of unbranched alkanes of at least 4 members (excludes halogenated alkanes) is 1. The highest BCUT2D eigenvalue weighted by atomic mass is 32.2. The van der Waals surface area contributed by atoms with Crippen LogP contribution in [0.4, 0.5) is 0 Å². The third-order valence-corrected chi connectivity index (χ3v) is 12.1. The normalized spacial score (nSPS) is 18.3. The number of esters is 1. The number of thioether (sulfide) groups is 1. The predicted octanol–water partition coefficient (Wildman–Crippen LogP) is 12.3. The lowest BCUT2D eigenvalue weighted by Gasteiger charge is -2.38. The van der Waals surface area contributed by atoms with Crippen molar-refractivity contribution in [3.63, 3.8) is 0 Å². The van der Waals surface area contributed by atoms with E-state index in [1.807, 2.05) is 11.8 Å². The quantitative estimate of drug-likeness (QED) is 0.0543. The second-order valence-corrected chi connectivity index (χ2v) is 17.2. The van der Waals surface area contributed by atoms with Crippen LogP contribution in [0.3, 0.4) is 0 Å². The number of hydrogen-bond acceptors (Lipinski definition) is 7. The van der Waals surface area contributed by atoms with Crippen molar-refractivity contribution in [2.75, 3.05) is 19.5 Å². The van der Waals surface area contributed by atoms with Gasteiger partial charge in [0, 0.05) is 17.2 Å². The number of carbonyl (C=O) groups excluding carboxylic acids is 1. The third-order valence-electron chi connectivity index (χ3n) is 10.9. The molecule has 1 aromatic carbocycles. The number of benzene rings is 1. The average Bonchev–Trinajstić information content (AvgIpc) is 3.06. The van der Waals surface area contributed by atoms with Crippen LogP contribution in [-0.2, 0) is 16.0 Å². The van der Waals surface area contributed by atoms with Crippen molar-refractivity contribution in [3.05, 3.63) is 27.2 Å². The Morgan fingerprint density at radius 1 is 0.857 bits per heavy atom. The highest BCUT2D eigenvalue weighted by Crippen LogP contribution is 2.45. The second-order valence-electron chi connectivity index (χ2n) is 16.1. The van der Waals surface area contributed by atoms with Gasteiger partial charge in [-0.05, 0) is 113 Å². The Labute approximate surface area is 305 Å². The van der Waals surface area contributed by atoms with Crippen LogP contribution < -0.4 is 9.47 Å². The summed E-state index contributed by atoms with van der Waals surface area (Å²) in [4.78, 5) is 24.0. The van der Waals surface area contributed by atoms with Gasteiger partial charge in [0.1, 0.15) is 30.3 Å². The van der Waals surface area contributed by atoms with Crippen LogP contribution in [0.5, 0.6) is 11.5 Å². The molecule has 0 spiro atoms. The van der Waals surface area contributed by atoms with Crippen LogP contribution in [0.1, 0.15) is 167 Å². The molecule has 4 unspecified atom stereocenters. The van der Waals surface area contributed by atoms with E-state index in [0.29, 0.717) is 11.7 Å². The van der Waals surface area contributed by atoms with Gasteiger partial charge in [0.25, 0.3) is 0 Å². The van der Waals surface area contributed by atoms with Crippen molar-refractivity contribution in [3.8, 4) is 11.5 Å². The molecule has 7 heteroatoms. The summed E-state index contributed by atoms with van der Waals surface area (Å²) in [6, 6.07) is -0.746. The molecule has 0 aromatic heterocycles. The average molecular weight is 704 g/mol.